The number of aromatic amines is 1. The van der Waals surface area contributed by atoms with E-state index >= 15 is 0 Å². The second-order valence-electron chi connectivity index (χ2n) is 6.39. The molecule has 0 spiro atoms. The van der Waals surface area contributed by atoms with Gasteiger partial charge in [-0.1, -0.05) is 18.2 Å². The van der Waals surface area contributed by atoms with Crippen LogP contribution in [0.3, 0.4) is 0 Å². The van der Waals surface area contributed by atoms with Gasteiger partial charge in [0.1, 0.15) is 11.4 Å². The molecule has 0 bridgehead atoms. The smallest absolute Gasteiger partial charge is 0.275 e. The molecule has 1 unspecified atom stereocenters. The summed E-state index contributed by atoms with van der Waals surface area (Å²) < 4.78 is 5.30. The number of carbonyl (C=O) groups excluding carboxylic acids is 1. The van der Waals surface area contributed by atoms with Crippen molar-refractivity contribution >= 4 is 22.5 Å². The van der Waals surface area contributed by atoms with E-state index in [1.807, 2.05) is 48.2 Å². The monoisotopic (exact) mass is 320 g/mol. The fourth-order valence-corrected chi connectivity index (χ4v) is 3.64. The summed E-state index contributed by atoms with van der Waals surface area (Å²) in [6, 6.07) is 14.1. The van der Waals surface area contributed by atoms with Crippen LogP contribution in [0, 0.1) is 6.92 Å². The maximum absolute atomic E-state index is 13.2. The molecule has 122 valence electrons. The molecule has 1 aliphatic heterocycles. The number of amides is 1. The molecule has 2 aromatic carbocycles. The highest BCUT2D eigenvalue weighted by Gasteiger charge is 2.32. The van der Waals surface area contributed by atoms with Gasteiger partial charge in [-0.2, -0.15) is 0 Å². The summed E-state index contributed by atoms with van der Waals surface area (Å²) in [5.74, 6) is 0.823. The normalized spacial score (nSPS) is 16.5. The lowest BCUT2D eigenvalue weighted by molar-refractivity contribution is 0.0977. The van der Waals surface area contributed by atoms with E-state index in [0.717, 1.165) is 34.3 Å². The van der Waals surface area contributed by atoms with Crippen LogP contribution in [0.1, 0.15) is 28.5 Å². The lowest BCUT2D eigenvalue weighted by Gasteiger charge is -2.22. The van der Waals surface area contributed by atoms with Crippen molar-refractivity contribution in [1.29, 1.82) is 0 Å². The number of hydrogen-bond acceptors (Lipinski definition) is 2. The SMILES string of the molecule is COc1ccc2[nH]c(C(=O)N3c4ccccc4CC3C)c(C)c2c1. The van der Waals surface area contributed by atoms with Gasteiger partial charge in [0.2, 0.25) is 0 Å². The Morgan fingerprint density at radius 1 is 1.25 bits per heavy atom. The molecule has 0 saturated carbocycles. The third kappa shape index (κ3) is 2.10. The maximum atomic E-state index is 13.2. The van der Waals surface area contributed by atoms with Gasteiger partial charge in [0.15, 0.2) is 0 Å². The Hall–Kier alpha value is -2.75. The Morgan fingerprint density at radius 3 is 2.83 bits per heavy atom. The van der Waals surface area contributed by atoms with Gasteiger partial charge in [-0.3, -0.25) is 4.79 Å². The van der Waals surface area contributed by atoms with Crippen LogP contribution in [0.25, 0.3) is 10.9 Å². The lowest BCUT2D eigenvalue weighted by Crippen LogP contribution is -2.36. The molecule has 0 saturated heterocycles. The molecule has 2 heterocycles. The van der Waals surface area contributed by atoms with Gasteiger partial charge >= 0.3 is 0 Å². The fourth-order valence-electron chi connectivity index (χ4n) is 3.64. The Morgan fingerprint density at radius 2 is 2.04 bits per heavy atom. The van der Waals surface area contributed by atoms with Crippen LogP contribution in [-0.4, -0.2) is 24.0 Å². The lowest BCUT2D eigenvalue weighted by atomic mass is 10.1. The summed E-state index contributed by atoms with van der Waals surface area (Å²) in [7, 11) is 1.65. The molecular formula is C20H20N2O2. The number of H-pyrrole nitrogens is 1. The van der Waals surface area contributed by atoms with Gasteiger partial charge in [0.25, 0.3) is 5.91 Å². The van der Waals surface area contributed by atoms with Crippen molar-refractivity contribution in [2.45, 2.75) is 26.3 Å². The predicted octanol–water partition coefficient (Wildman–Crippen LogP) is 4.08. The average molecular weight is 320 g/mol. The standard InChI is InChI=1S/C20H20N2O2/c1-12-10-14-6-4-5-7-18(14)22(12)20(23)19-13(2)16-11-15(24-3)8-9-17(16)21-19/h4-9,11-12,21H,10H2,1-3H3. The summed E-state index contributed by atoms with van der Waals surface area (Å²) in [6.45, 7) is 4.08. The number of fused-ring (bicyclic) bond motifs is 2. The molecule has 4 nitrogen and oxygen atoms in total. The van der Waals surface area contributed by atoms with Crippen LogP contribution < -0.4 is 9.64 Å². The van der Waals surface area contributed by atoms with Crippen molar-refractivity contribution in [1.82, 2.24) is 4.98 Å². The first kappa shape index (κ1) is 14.8. The summed E-state index contributed by atoms with van der Waals surface area (Å²) in [6.07, 6.45) is 0.898. The van der Waals surface area contributed by atoms with Gasteiger partial charge in [0, 0.05) is 22.6 Å². The van der Waals surface area contributed by atoms with Crippen molar-refractivity contribution in [2.24, 2.45) is 0 Å². The van der Waals surface area contributed by atoms with Gasteiger partial charge in [0.05, 0.1) is 7.11 Å². The zero-order chi connectivity index (χ0) is 16.8. The number of aryl methyl sites for hydroxylation is 1. The molecular weight excluding hydrogens is 300 g/mol. The Balaban J connectivity index is 1.80. The van der Waals surface area contributed by atoms with Crippen LogP contribution in [0.4, 0.5) is 5.69 Å². The largest absolute Gasteiger partial charge is 0.497 e. The van der Waals surface area contributed by atoms with E-state index in [-0.39, 0.29) is 11.9 Å². The first-order valence-corrected chi connectivity index (χ1v) is 8.18. The van der Waals surface area contributed by atoms with Crippen molar-refractivity contribution in [3.05, 3.63) is 59.3 Å². The topological polar surface area (TPSA) is 45.3 Å². The van der Waals surface area contributed by atoms with Crippen LogP contribution in [0.15, 0.2) is 42.5 Å². The molecule has 4 heteroatoms. The molecule has 1 amide bonds. The summed E-state index contributed by atoms with van der Waals surface area (Å²) in [4.78, 5) is 18.4. The number of ether oxygens (including phenoxy) is 1. The number of hydrogen-bond donors (Lipinski definition) is 1. The van der Waals surface area contributed by atoms with E-state index in [1.54, 1.807) is 7.11 Å². The molecule has 0 radical (unpaired) electrons. The van der Waals surface area contributed by atoms with E-state index in [0.29, 0.717) is 5.69 Å². The third-order valence-corrected chi connectivity index (χ3v) is 4.91. The minimum atomic E-state index is 0.0279. The summed E-state index contributed by atoms with van der Waals surface area (Å²) in [5, 5.41) is 1.03. The second kappa shape index (κ2) is 5.41. The Bertz CT molecular complexity index is 942. The van der Waals surface area contributed by atoms with E-state index in [4.69, 9.17) is 4.74 Å². The molecule has 1 atom stereocenters. The number of para-hydroxylation sites is 1. The quantitative estimate of drug-likeness (QED) is 0.773. The predicted molar refractivity (Wildman–Crippen MR) is 96.0 cm³/mol. The van der Waals surface area contributed by atoms with Crippen LogP contribution in [0.5, 0.6) is 5.75 Å². The number of carbonyl (C=O) groups is 1. The van der Waals surface area contributed by atoms with Crippen molar-refractivity contribution in [3.63, 3.8) is 0 Å². The number of nitrogens with zero attached hydrogens (tertiary/aromatic N) is 1. The highest BCUT2D eigenvalue weighted by molar-refractivity contribution is 6.10. The first-order chi connectivity index (χ1) is 11.6. The Labute approximate surface area is 141 Å². The van der Waals surface area contributed by atoms with Crippen LogP contribution in [-0.2, 0) is 6.42 Å². The van der Waals surface area contributed by atoms with Crippen LogP contribution >= 0.6 is 0 Å². The maximum Gasteiger partial charge on any atom is 0.275 e. The Kier molecular flexibility index (Phi) is 3.34. The molecule has 0 aliphatic carbocycles. The molecule has 1 aliphatic rings. The number of methoxy groups -OCH3 is 1. The third-order valence-electron chi connectivity index (χ3n) is 4.91. The van der Waals surface area contributed by atoms with Gasteiger partial charge in [-0.15, -0.1) is 0 Å². The second-order valence-corrected chi connectivity index (χ2v) is 6.39. The van der Waals surface area contributed by atoms with E-state index in [9.17, 15) is 4.79 Å². The molecule has 4 rings (SSSR count). The number of nitrogens with one attached hydrogen (secondary N) is 1. The van der Waals surface area contributed by atoms with Gasteiger partial charge in [-0.25, -0.2) is 0 Å². The molecule has 1 aromatic heterocycles. The van der Waals surface area contributed by atoms with Crippen molar-refractivity contribution in [2.75, 3.05) is 12.0 Å². The zero-order valence-electron chi connectivity index (χ0n) is 14.1. The van der Waals surface area contributed by atoms with E-state index in [2.05, 4.69) is 18.0 Å². The average Bonchev–Trinajstić information content (AvgIpc) is 3.10. The zero-order valence-corrected chi connectivity index (χ0v) is 14.1. The van der Waals surface area contributed by atoms with Gasteiger partial charge in [-0.05, 0) is 55.7 Å². The first-order valence-electron chi connectivity index (χ1n) is 8.18. The van der Waals surface area contributed by atoms with Crippen LogP contribution in [0.2, 0.25) is 0 Å². The number of rotatable bonds is 2. The van der Waals surface area contributed by atoms with Crippen molar-refractivity contribution < 1.29 is 9.53 Å². The highest BCUT2D eigenvalue weighted by Crippen LogP contribution is 2.34. The molecule has 24 heavy (non-hydrogen) atoms. The number of benzene rings is 2. The minimum Gasteiger partial charge on any atom is -0.497 e. The summed E-state index contributed by atoms with van der Waals surface area (Å²) >= 11 is 0. The van der Waals surface area contributed by atoms with Crippen molar-refractivity contribution in [3.8, 4) is 5.75 Å². The minimum absolute atomic E-state index is 0.0279. The fraction of sp³-hybridized carbons (Fsp3) is 0.250. The van der Waals surface area contributed by atoms with Gasteiger partial charge < -0.3 is 14.6 Å². The number of aromatic nitrogens is 1. The van der Waals surface area contributed by atoms with E-state index < -0.39 is 0 Å². The molecule has 0 fully saturated rings. The molecule has 3 aromatic rings. The highest BCUT2D eigenvalue weighted by atomic mass is 16.5. The molecule has 1 N–H and O–H groups in total. The number of anilines is 1. The summed E-state index contributed by atoms with van der Waals surface area (Å²) in [5.41, 5.74) is 4.82. The van der Waals surface area contributed by atoms with E-state index in [1.165, 1.54) is 5.56 Å².